The maximum atomic E-state index is 12.7. The van der Waals surface area contributed by atoms with Crippen LogP contribution in [0.2, 0.25) is 0 Å². The maximum absolute atomic E-state index is 12.7. The fraction of sp³-hybridized carbons (Fsp3) is 0.667. The summed E-state index contributed by atoms with van der Waals surface area (Å²) in [6.45, 7) is 4.45. The van der Waals surface area contributed by atoms with Crippen molar-refractivity contribution in [2.75, 3.05) is 41.0 Å². The lowest BCUT2D eigenvalue weighted by molar-refractivity contribution is -0.887. The highest BCUT2D eigenvalue weighted by molar-refractivity contribution is 5.72. The molecule has 2 atom stereocenters. The fourth-order valence-electron chi connectivity index (χ4n) is 6.35. The molecule has 59 heavy (non-hydrogen) atoms. The third kappa shape index (κ3) is 39.7. The second-order valence-electron chi connectivity index (χ2n) is 16.3. The molecule has 8 nitrogen and oxygen atoms in total. The van der Waals surface area contributed by atoms with Crippen molar-refractivity contribution in [3.05, 3.63) is 85.1 Å². The van der Waals surface area contributed by atoms with Crippen LogP contribution < -0.4 is 0 Å². The number of esters is 2. The van der Waals surface area contributed by atoms with E-state index in [0.717, 1.165) is 83.5 Å². The Hall–Kier alpha value is -3.49. The maximum Gasteiger partial charge on any atom is 0.362 e. The summed E-state index contributed by atoms with van der Waals surface area (Å²) in [5.41, 5.74) is 0. The lowest BCUT2D eigenvalue weighted by Gasteiger charge is -2.31. The molecule has 0 aromatic heterocycles. The van der Waals surface area contributed by atoms with Gasteiger partial charge in [-0.05, 0) is 64.2 Å². The van der Waals surface area contributed by atoms with Crippen LogP contribution in [0.3, 0.4) is 0 Å². The number of carbonyl (C=O) groups excluding carboxylic acids is 2. The van der Waals surface area contributed by atoms with Crippen molar-refractivity contribution >= 4 is 17.9 Å². The number of quaternary nitrogens is 1. The number of hydrogen-bond donors (Lipinski definition) is 1. The molecule has 0 aliphatic rings. The molecule has 0 bridgehead atoms. The Morgan fingerprint density at radius 3 is 1.53 bits per heavy atom. The zero-order valence-electron chi connectivity index (χ0n) is 38.2. The molecule has 0 amide bonds. The summed E-state index contributed by atoms with van der Waals surface area (Å²) in [5.74, 6) is -1.51. The van der Waals surface area contributed by atoms with E-state index in [1.54, 1.807) is 0 Å². The van der Waals surface area contributed by atoms with E-state index < -0.39 is 18.1 Å². The highest BCUT2D eigenvalue weighted by Crippen LogP contribution is 2.14. The van der Waals surface area contributed by atoms with Gasteiger partial charge in [-0.3, -0.25) is 9.59 Å². The summed E-state index contributed by atoms with van der Waals surface area (Å²) in [6.07, 6.45) is 53.4. The number of hydrogen-bond acceptors (Lipinski definition) is 6. The molecule has 2 unspecified atom stereocenters. The summed E-state index contributed by atoms with van der Waals surface area (Å²) in [4.78, 5) is 37.0. The first-order valence-corrected chi connectivity index (χ1v) is 23.2. The van der Waals surface area contributed by atoms with E-state index in [2.05, 4.69) is 74.6 Å². The predicted molar refractivity (Wildman–Crippen MR) is 247 cm³/mol. The highest BCUT2D eigenvalue weighted by atomic mass is 16.6. The van der Waals surface area contributed by atoms with Crippen LogP contribution in [0.5, 0.6) is 0 Å². The molecular formula is C51H86NO7+. The first kappa shape index (κ1) is 55.5. The number of carboxylic acid groups (broad SMARTS) is 1. The van der Waals surface area contributed by atoms with Crippen molar-refractivity contribution in [3.63, 3.8) is 0 Å². The van der Waals surface area contributed by atoms with Gasteiger partial charge in [-0.1, -0.05) is 170 Å². The summed E-state index contributed by atoms with van der Waals surface area (Å²) in [6, 6.07) is -0.624. The van der Waals surface area contributed by atoms with Gasteiger partial charge in [0.1, 0.15) is 6.61 Å². The molecule has 0 aliphatic heterocycles. The second-order valence-corrected chi connectivity index (χ2v) is 16.3. The lowest BCUT2D eigenvalue weighted by atomic mass is 10.1. The molecule has 1 N–H and O–H groups in total. The van der Waals surface area contributed by atoms with Gasteiger partial charge >= 0.3 is 17.9 Å². The quantitative estimate of drug-likeness (QED) is 0.0216. The molecular weight excluding hydrogens is 739 g/mol. The van der Waals surface area contributed by atoms with Gasteiger partial charge in [0.05, 0.1) is 34.4 Å². The minimum absolute atomic E-state index is 0.0455. The zero-order chi connectivity index (χ0) is 43.5. The predicted octanol–water partition coefficient (Wildman–Crippen LogP) is 12.9. The molecule has 0 aromatic rings. The van der Waals surface area contributed by atoms with Crippen LogP contribution >= 0.6 is 0 Å². The molecule has 0 aliphatic carbocycles. The van der Waals surface area contributed by atoms with Crippen molar-refractivity contribution in [3.8, 4) is 0 Å². The molecule has 0 spiro atoms. The van der Waals surface area contributed by atoms with Gasteiger partial charge in [-0.15, -0.1) is 0 Å². The van der Waals surface area contributed by atoms with E-state index in [9.17, 15) is 19.5 Å². The van der Waals surface area contributed by atoms with E-state index in [1.165, 1.54) is 51.4 Å². The minimum Gasteiger partial charge on any atom is -0.477 e. The minimum atomic E-state index is -0.883. The number of rotatable bonds is 40. The van der Waals surface area contributed by atoms with Crippen LogP contribution in [-0.4, -0.2) is 80.6 Å². The Labute approximate surface area is 361 Å². The van der Waals surface area contributed by atoms with Crippen LogP contribution in [0, 0.1) is 0 Å². The van der Waals surface area contributed by atoms with Crippen molar-refractivity contribution in [2.24, 2.45) is 0 Å². The molecule has 0 aromatic carbocycles. The Balaban J connectivity index is 4.33. The number of nitrogens with zero attached hydrogens (tertiary/aromatic N) is 1. The number of carboxylic acids is 1. The Morgan fingerprint density at radius 2 is 0.983 bits per heavy atom. The molecule has 8 heteroatoms. The SMILES string of the molecule is CC/C=C/C=C/C=C/C=C/CCCCCCCC(=O)OC(COCCC(C(=O)O)[N+](C)(C)C)COC(=O)CCCCCCCCCCCC/C=C/C/C=C/C/C=C/CC. The molecule has 0 rings (SSSR count). The summed E-state index contributed by atoms with van der Waals surface area (Å²) in [7, 11) is 5.51. The smallest absolute Gasteiger partial charge is 0.362 e. The molecule has 0 heterocycles. The van der Waals surface area contributed by atoms with E-state index in [1.807, 2.05) is 45.4 Å². The number of allylic oxidation sites excluding steroid dienone is 14. The number of unbranched alkanes of at least 4 members (excludes halogenated alkanes) is 15. The van der Waals surface area contributed by atoms with Gasteiger partial charge in [0.15, 0.2) is 12.1 Å². The zero-order valence-corrected chi connectivity index (χ0v) is 38.2. The third-order valence-corrected chi connectivity index (χ3v) is 9.88. The van der Waals surface area contributed by atoms with Crippen molar-refractivity contribution in [2.45, 2.75) is 180 Å². The van der Waals surface area contributed by atoms with Crippen LogP contribution in [-0.2, 0) is 28.6 Å². The van der Waals surface area contributed by atoms with Crippen LogP contribution in [0.1, 0.15) is 168 Å². The van der Waals surface area contributed by atoms with E-state index >= 15 is 0 Å². The van der Waals surface area contributed by atoms with Gasteiger partial charge in [0.2, 0.25) is 0 Å². The largest absolute Gasteiger partial charge is 0.477 e. The van der Waals surface area contributed by atoms with Crippen molar-refractivity contribution in [1.82, 2.24) is 0 Å². The Bertz CT molecular complexity index is 1240. The second kappa shape index (κ2) is 41.3. The number of likely N-dealkylation sites (N-methyl/N-ethyl adjacent to an activating group) is 1. The van der Waals surface area contributed by atoms with E-state index in [-0.39, 0.29) is 36.2 Å². The van der Waals surface area contributed by atoms with Gasteiger partial charge < -0.3 is 23.8 Å². The Morgan fingerprint density at radius 1 is 0.525 bits per heavy atom. The summed E-state index contributed by atoms with van der Waals surface area (Å²) < 4.78 is 17.3. The standard InChI is InChI=1S/C51H85NO7/c1-6-8-10-12-14-16-18-20-22-23-24-25-26-28-29-31-33-35-37-39-41-49(53)58-46-47(45-57-44-43-48(51(55)56)52(3,4)5)59-50(54)42-40-38-36-34-32-30-27-21-19-17-15-13-11-9-7-2/h8-11,13-17,19-22,27,47-48H,6-7,12,18,23-26,28-46H2,1-5H3/p+1/b10-8+,11-9+,15-13+,16-14+,19-17+,22-20+,27-21+. The first-order valence-electron chi connectivity index (χ1n) is 23.2. The van der Waals surface area contributed by atoms with Gasteiger partial charge in [0, 0.05) is 19.3 Å². The Kier molecular flexibility index (Phi) is 38.8. The monoisotopic (exact) mass is 825 g/mol. The van der Waals surface area contributed by atoms with E-state index in [0.29, 0.717) is 19.3 Å². The topological polar surface area (TPSA) is 99.1 Å². The number of carbonyl (C=O) groups is 3. The van der Waals surface area contributed by atoms with E-state index in [4.69, 9.17) is 14.2 Å². The molecule has 0 saturated heterocycles. The van der Waals surface area contributed by atoms with Crippen LogP contribution in [0.25, 0.3) is 0 Å². The van der Waals surface area contributed by atoms with Crippen LogP contribution in [0.15, 0.2) is 85.1 Å². The number of ether oxygens (including phenoxy) is 3. The fourth-order valence-corrected chi connectivity index (χ4v) is 6.35. The summed E-state index contributed by atoms with van der Waals surface area (Å²) in [5, 5.41) is 9.63. The summed E-state index contributed by atoms with van der Waals surface area (Å²) >= 11 is 0. The lowest BCUT2D eigenvalue weighted by Crippen LogP contribution is -2.50. The average molecular weight is 825 g/mol. The molecule has 0 saturated carbocycles. The van der Waals surface area contributed by atoms with Gasteiger partial charge in [-0.25, -0.2) is 4.79 Å². The molecule has 336 valence electrons. The van der Waals surface area contributed by atoms with Gasteiger partial charge in [-0.2, -0.15) is 0 Å². The molecule has 0 radical (unpaired) electrons. The number of aliphatic carboxylic acids is 1. The van der Waals surface area contributed by atoms with Crippen molar-refractivity contribution in [1.29, 1.82) is 0 Å². The first-order chi connectivity index (χ1) is 28.6. The highest BCUT2D eigenvalue weighted by Gasteiger charge is 2.31. The average Bonchev–Trinajstić information content (AvgIpc) is 3.19. The van der Waals surface area contributed by atoms with Gasteiger partial charge in [0.25, 0.3) is 0 Å². The normalized spacial score (nSPS) is 13.7. The van der Waals surface area contributed by atoms with Crippen molar-refractivity contribution < 1.29 is 38.2 Å². The van der Waals surface area contributed by atoms with Crippen LogP contribution in [0.4, 0.5) is 0 Å². The third-order valence-electron chi connectivity index (χ3n) is 9.88. The molecule has 0 fully saturated rings.